The quantitative estimate of drug-likeness (QED) is 0.722. The van der Waals surface area contributed by atoms with Gasteiger partial charge < -0.3 is 10.1 Å². The number of hydrogen-bond donors (Lipinski definition) is 1. The summed E-state index contributed by atoms with van der Waals surface area (Å²) in [5, 5.41) is 6.22. The first kappa shape index (κ1) is 15.8. The second-order valence-corrected chi connectivity index (χ2v) is 6.97. The summed E-state index contributed by atoms with van der Waals surface area (Å²) in [6.07, 6.45) is 0. The SMILES string of the molecule is Cc1cc(Cl)cc(C)c1OCCNCc1cc(Br)cs1. The first-order chi connectivity index (χ1) is 9.56. The first-order valence-corrected chi connectivity index (χ1v) is 8.44. The van der Waals surface area contributed by atoms with Crippen LogP contribution in [0.2, 0.25) is 5.02 Å². The van der Waals surface area contributed by atoms with Crippen LogP contribution in [0.1, 0.15) is 16.0 Å². The molecule has 2 aromatic rings. The van der Waals surface area contributed by atoms with E-state index in [1.165, 1.54) is 4.88 Å². The van der Waals surface area contributed by atoms with Crippen LogP contribution in [0.4, 0.5) is 0 Å². The highest BCUT2D eigenvalue weighted by molar-refractivity contribution is 9.10. The Morgan fingerprint density at radius 1 is 1.25 bits per heavy atom. The molecule has 5 heteroatoms. The van der Waals surface area contributed by atoms with Gasteiger partial charge in [-0.25, -0.2) is 0 Å². The molecule has 0 atom stereocenters. The van der Waals surface area contributed by atoms with Crippen LogP contribution in [0.3, 0.4) is 0 Å². The second kappa shape index (κ2) is 7.46. The normalized spacial score (nSPS) is 10.8. The van der Waals surface area contributed by atoms with Gasteiger partial charge in [-0.1, -0.05) is 11.6 Å². The molecule has 2 nitrogen and oxygen atoms in total. The maximum absolute atomic E-state index is 6.01. The van der Waals surface area contributed by atoms with Gasteiger partial charge >= 0.3 is 0 Å². The van der Waals surface area contributed by atoms with E-state index in [-0.39, 0.29) is 0 Å². The molecular weight excluding hydrogens is 358 g/mol. The largest absolute Gasteiger partial charge is 0.492 e. The molecule has 0 saturated carbocycles. The zero-order valence-corrected chi connectivity index (χ0v) is 14.7. The monoisotopic (exact) mass is 373 g/mol. The van der Waals surface area contributed by atoms with Crippen molar-refractivity contribution in [3.8, 4) is 5.75 Å². The second-order valence-electron chi connectivity index (χ2n) is 4.63. The van der Waals surface area contributed by atoms with Crippen molar-refractivity contribution in [2.24, 2.45) is 0 Å². The van der Waals surface area contributed by atoms with Gasteiger partial charge in [0, 0.05) is 32.8 Å². The van der Waals surface area contributed by atoms with E-state index >= 15 is 0 Å². The van der Waals surface area contributed by atoms with Crippen molar-refractivity contribution in [1.29, 1.82) is 0 Å². The fourth-order valence-electron chi connectivity index (χ4n) is 2.01. The lowest BCUT2D eigenvalue weighted by Crippen LogP contribution is -2.20. The fourth-order valence-corrected chi connectivity index (χ4v) is 3.76. The van der Waals surface area contributed by atoms with Crippen LogP contribution < -0.4 is 10.1 Å². The van der Waals surface area contributed by atoms with Crippen LogP contribution in [0, 0.1) is 13.8 Å². The number of thiophene rings is 1. The minimum Gasteiger partial charge on any atom is -0.492 e. The van der Waals surface area contributed by atoms with E-state index in [0.717, 1.165) is 39.5 Å². The zero-order valence-electron chi connectivity index (χ0n) is 11.5. The highest BCUT2D eigenvalue weighted by atomic mass is 79.9. The Kier molecular flexibility index (Phi) is 5.90. The lowest BCUT2D eigenvalue weighted by molar-refractivity contribution is 0.310. The lowest BCUT2D eigenvalue weighted by atomic mass is 10.1. The number of ether oxygens (including phenoxy) is 1. The van der Waals surface area contributed by atoms with Crippen LogP contribution in [-0.4, -0.2) is 13.2 Å². The molecule has 0 radical (unpaired) electrons. The molecule has 1 aromatic carbocycles. The number of hydrogen-bond acceptors (Lipinski definition) is 3. The van der Waals surface area contributed by atoms with E-state index in [1.54, 1.807) is 11.3 Å². The third-order valence-corrected chi connectivity index (χ3v) is 4.79. The van der Waals surface area contributed by atoms with E-state index < -0.39 is 0 Å². The topological polar surface area (TPSA) is 21.3 Å². The van der Waals surface area contributed by atoms with Crippen molar-refractivity contribution in [3.05, 3.63) is 49.1 Å². The van der Waals surface area contributed by atoms with Gasteiger partial charge in [0.2, 0.25) is 0 Å². The summed E-state index contributed by atoms with van der Waals surface area (Å²) in [5.74, 6) is 0.940. The van der Waals surface area contributed by atoms with Gasteiger partial charge in [-0.2, -0.15) is 0 Å². The van der Waals surface area contributed by atoms with Crippen LogP contribution in [-0.2, 0) is 6.54 Å². The molecule has 0 spiro atoms. The molecule has 0 bridgehead atoms. The van der Waals surface area contributed by atoms with Crippen LogP contribution in [0.15, 0.2) is 28.1 Å². The maximum atomic E-state index is 6.01. The standard InChI is InChI=1S/C15H17BrClNOS/c1-10-5-13(17)6-11(2)15(10)19-4-3-18-8-14-7-12(16)9-20-14/h5-7,9,18H,3-4,8H2,1-2H3. The third kappa shape index (κ3) is 4.48. The Bertz CT molecular complexity index is 562. The van der Waals surface area contributed by atoms with Crippen LogP contribution in [0.5, 0.6) is 5.75 Å². The minimum atomic E-state index is 0.649. The Balaban J connectivity index is 1.76. The summed E-state index contributed by atoms with van der Waals surface area (Å²) in [6.45, 7) is 6.38. The fraction of sp³-hybridized carbons (Fsp3) is 0.333. The number of rotatable bonds is 6. The van der Waals surface area contributed by atoms with E-state index in [9.17, 15) is 0 Å². The molecule has 1 aromatic heterocycles. The highest BCUT2D eigenvalue weighted by Gasteiger charge is 2.05. The summed E-state index contributed by atoms with van der Waals surface area (Å²) in [5.41, 5.74) is 2.16. The molecule has 0 aliphatic rings. The van der Waals surface area contributed by atoms with Crippen LogP contribution in [0.25, 0.3) is 0 Å². The summed E-state index contributed by atoms with van der Waals surface area (Å²) >= 11 is 11.2. The molecular formula is C15H17BrClNOS. The van der Waals surface area contributed by atoms with Crippen LogP contribution >= 0.6 is 38.9 Å². The van der Waals surface area contributed by atoms with Crippen molar-refractivity contribution in [2.45, 2.75) is 20.4 Å². The van der Waals surface area contributed by atoms with Crippen molar-refractivity contribution in [2.75, 3.05) is 13.2 Å². The Morgan fingerprint density at radius 3 is 2.55 bits per heavy atom. The molecule has 2 rings (SSSR count). The van der Waals surface area contributed by atoms with Gasteiger partial charge in [0.15, 0.2) is 0 Å². The summed E-state index contributed by atoms with van der Waals surface area (Å²) in [7, 11) is 0. The summed E-state index contributed by atoms with van der Waals surface area (Å²) in [4.78, 5) is 1.32. The van der Waals surface area contributed by atoms with E-state index in [0.29, 0.717) is 6.61 Å². The Morgan fingerprint density at radius 2 is 1.95 bits per heavy atom. The molecule has 0 saturated heterocycles. The number of aryl methyl sites for hydroxylation is 2. The first-order valence-electron chi connectivity index (χ1n) is 6.39. The predicted molar refractivity (Wildman–Crippen MR) is 90.1 cm³/mol. The lowest BCUT2D eigenvalue weighted by Gasteiger charge is -2.12. The van der Waals surface area contributed by atoms with Crippen molar-refractivity contribution in [3.63, 3.8) is 0 Å². The van der Waals surface area contributed by atoms with Crippen molar-refractivity contribution in [1.82, 2.24) is 5.32 Å². The zero-order chi connectivity index (χ0) is 14.5. The van der Waals surface area contributed by atoms with Gasteiger partial charge in [0.25, 0.3) is 0 Å². The van der Waals surface area contributed by atoms with Gasteiger partial charge in [-0.15, -0.1) is 11.3 Å². The minimum absolute atomic E-state index is 0.649. The van der Waals surface area contributed by atoms with Crippen molar-refractivity contribution >= 4 is 38.9 Å². The average molecular weight is 375 g/mol. The molecule has 0 amide bonds. The summed E-state index contributed by atoms with van der Waals surface area (Å²) in [6, 6.07) is 5.99. The smallest absolute Gasteiger partial charge is 0.125 e. The number of halogens is 2. The average Bonchev–Trinajstić information content (AvgIpc) is 2.77. The maximum Gasteiger partial charge on any atom is 0.125 e. The van der Waals surface area contributed by atoms with Gasteiger partial charge in [-0.05, 0) is 59.1 Å². The highest BCUT2D eigenvalue weighted by Crippen LogP contribution is 2.26. The molecule has 0 unspecified atom stereocenters. The third-order valence-electron chi connectivity index (χ3n) is 2.87. The van der Waals surface area contributed by atoms with E-state index in [2.05, 4.69) is 32.7 Å². The van der Waals surface area contributed by atoms with Crippen molar-refractivity contribution < 1.29 is 4.74 Å². The predicted octanol–water partition coefficient (Wildman–Crippen LogP) is 4.95. The molecule has 1 N–H and O–H groups in total. The molecule has 20 heavy (non-hydrogen) atoms. The number of benzene rings is 1. The molecule has 0 aliphatic carbocycles. The Labute approximate surface area is 137 Å². The van der Waals surface area contributed by atoms with Gasteiger partial charge in [0.1, 0.15) is 12.4 Å². The summed E-state index contributed by atoms with van der Waals surface area (Å²) < 4.78 is 6.98. The number of nitrogens with one attached hydrogen (secondary N) is 1. The van der Waals surface area contributed by atoms with Gasteiger partial charge in [-0.3, -0.25) is 0 Å². The molecule has 1 heterocycles. The van der Waals surface area contributed by atoms with Gasteiger partial charge in [0.05, 0.1) is 0 Å². The molecule has 108 valence electrons. The molecule has 0 aliphatic heterocycles. The Hall–Kier alpha value is -0.550. The van der Waals surface area contributed by atoms with E-state index in [1.807, 2.05) is 26.0 Å². The van der Waals surface area contributed by atoms with E-state index in [4.69, 9.17) is 16.3 Å². The molecule has 0 fully saturated rings.